The van der Waals surface area contributed by atoms with Gasteiger partial charge < -0.3 is 16.8 Å². The minimum atomic E-state index is -0.651. The van der Waals surface area contributed by atoms with Gasteiger partial charge in [-0.3, -0.25) is 0 Å². The maximum absolute atomic E-state index is 10.5. The summed E-state index contributed by atoms with van der Waals surface area (Å²) in [6, 6.07) is 4.24. The Hall–Kier alpha value is -2.06. The van der Waals surface area contributed by atoms with Crippen molar-refractivity contribution in [2.45, 2.75) is 6.54 Å². The molecule has 14 heavy (non-hydrogen) atoms. The van der Waals surface area contributed by atoms with E-state index >= 15 is 0 Å². The van der Waals surface area contributed by atoms with E-state index in [2.05, 4.69) is 10.2 Å². The van der Waals surface area contributed by atoms with Gasteiger partial charge in [0.25, 0.3) is 0 Å². The minimum Gasteiger partial charge on any atom is -0.351 e. The van der Waals surface area contributed by atoms with Gasteiger partial charge in [0.05, 0.1) is 6.57 Å². The van der Waals surface area contributed by atoms with E-state index in [1.807, 2.05) is 0 Å². The monoisotopic (exact) mass is 190 g/mol. The van der Waals surface area contributed by atoms with Gasteiger partial charge in [-0.05, 0) is 17.7 Å². The Balaban J connectivity index is 3.03. The first-order valence-corrected chi connectivity index (χ1v) is 3.94. The van der Waals surface area contributed by atoms with Crippen molar-refractivity contribution >= 4 is 17.4 Å². The molecule has 5 nitrogen and oxygen atoms in total. The molecule has 0 heterocycles. The van der Waals surface area contributed by atoms with E-state index in [4.69, 9.17) is 18.0 Å². The molecule has 0 bridgehead atoms. The number of carbonyl (C=O) groups is 1. The average molecular weight is 190 g/mol. The molecule has 0 saturated heterocycles. The summed E-state index contributed by atoms with van der Waals surface area (Å²) < 4.78 is 0. The topological polar surface area (TPSA) is 85.5 Å². The van der Waals surface area contributed by atoms with Crippen LogP contribution in [0, 0.1) is 6.57 Å². The molecule has 0 aliphatic rings. The highest BCUT2D eigenvalue weighted by molar-refractivity contribution is 5.88. The fourth-order valence-corrected chi connectivity index (χ4v) is 1.06. The molecule has 0 aromatic heterocycles. The number of rotatable bonds is 2. The van der Waals surface area contributed by atoms with Crippen LogP contribution in [-0.4, -0.2) is 6.03 Å². The SMILES string of the molecule is [C-]#[N+]c1cc(NC(N)=O)ccc1CN. The first-order chi connectivity index (χ1) is 6.67. The summed E-state index contributed by atoms with van der Waals surface area (Å²) in [6.07, 6.45) is 0. The first-order valence-electron chi connectivity index (χ1n) is 3.94. The second-order valence-electron chi connectivity index (χ2n) is 2.65. The van der Waals surface area contributed by atoms with Gasteiger partial charge in [0.2, 0.25) is 0 Å². The summed E-state index contributed by atoms with van der Waals surface area (Å²) in [5.74, 6) is 0. The molecule has 0 atom stereocenters. The summed E-state index contributed by atoms with van der Waals surface area (Å²) >= 11 is 0. The van der Waals surface area contributed by atoms with Crippen molar-refractivity contribution in [2.75, 3.05) is 5.32 Å². The standard InChI is InChI=1S/C9H10N4O/c1-12-8-4-7(13-9(11)14)3-2-6(8)5-10/h2-4H,5,10H2,(H3,11,13,14). The van der Waals surface area contributed by atoms with Crippen LogP contribution in [0.5, 0.6) is 0 Å². The van der Waals surface area contributed by atoms with E-state index in [-0.39, 0.29) is 0 Å². The van der Waals surface area contributed by atoms with Crippen molar-refractivity contribution < 1.29 is 4.79 Å². The molecular formula is C9H10N4O. The van der Waals surface area contributed by atoms with Crippen LogP contribution in [0.25, 0.3) is 4.85 Å². The predicted molar refractivity (Wildman–Crippen MR) is 53.8 cm³/mol. The zero-order chi connectivity index (χ0) is 10.6. The van der Waals surface area contributed by atoms with Crippen molar-refractivity contribution in [3.63, 3.8) is 0 Å². The van der Waals surface area contributed by atoms with Crippen molar-refractivity contribution in [3.8, 4) is 0 Å². The van der Waals surface area contributed by atoms with Crippen molar-refractivity contribution in [2.24, 2.45) is 11.5 Å². The third-order valence-corrected chi connectivity index (χ3v) is 1.69. The summed E-state index contributed by atoms with van der Waals surface area (Å²) in [4.78, 5) is 13.8. The molecule has 0 spiro atoms. The van der Waals surface area contributed by atoms with E-state index in [0.29, 0.717) is 17.9 Å². The zero-order valence-electron chi connectivity index (χ0n) is 7.45. The number of hydrogen-bond acceptors (Lipinski definition) is 2. The Morgan fingerprint density at radius 2 is 2.29 bits per heavy atom. The number of nitrogens with zero attached hydrogens (tertiary/aromatic N) is 1. The first kappa shape index (κ1) is 10.0. The summed E-state index contributed by atoms with van der Waals surface area (Å²) in [5.41, 5.74) is 12.0. The van der Waals surface area contributed by atoms with E-state index in [1.54, 1.807) is 18.2 Å². The molecular weight excluding hydrogens is 180 g/mol. The van der Waals surface area contributed by atoms with E-state index in [1.165, 1.54) is 0 Å². The van der Waals surface area contributed by atoms with E-state index in [9.17, 15) is 4.79 Å². The van der Waals surface area contributed by atoms with Crippen LogP contribution in [0.2, 0.25) is 0 Å². The second-order valence-corrected chi connectivity index (χ2v) is 2.65. The average Bonchev–Trinajstić information content (AvgIpc) is 2.16. The number of benzene rings is 1. The lowest BCUT2D eigenvalue weighted by Gasteiger charge is -2.04. The quantitative estimate of drug-likeness (QED) is 0.612. The number of nitrogens with two attached hydrogens (primary N) is 2. The predicted octanol–water partition coefficient (Wildman–Crippen LogP) is 1.19. The van der Waals surface area contributed by atoms with Gasteiger partial charge >= 0.3 is 6.03 Å². The van der Waals surface area contributed by atoms with Gasteiger partial charge in [-0.2, -0.15) is 0 Å². The lowest BCUT2D eigenvalue weighted by atomic mass is 10.1. The van der Waals surface area contributed by atoms with Gasteiger partial charge in [-0.1, -0.05) is 6.07 Å². The highest BCUT2D eigenvalue weighted by Crippen LogP contribution is 2.23. The number of anilines is 1. The maximum atomic E-state index is 10.5. The Morgan fingerprint density at radius 3 is 2.79 bits per heavy atom. The number of nitrogens with one attached hydrogen (secondary N) is 1. The van der Waals surface area contributed by atoms with Gasteiger partial charge in [0.1, 0.15) is 0 Å². The second kappa shape index (κ2) is 4.25. The smallest absolute Gasteiger partial charge is 0.316 e. The normalized spacial score (nSPS) is 9.14. The highest BCUT2D eigenvalue weighted by atomic mass is 16.2. The number of urea groups is 1. The van der Waals surface area contributed by atoms with Crippen molar-refractivity contribution in [1.29, 1.82) is 0 Å². The van der Waals surface area contributed by atoms with Crippen LogP contribution in [-0.2, 0) is 6.54 Å². The largest absolute Gasteiger partial charge is 0.351 e. The lowest BCUT2D eigenvalue weighted by molar-refractivity contribution is 0.259. The molecule has 0 aliphatic carbocycles. The molecule has 1 aromatic rings. The molecule has 2 amide bonds. The van der Waals surface area contributed by atoms with Crippen LogP contribution >= 0.6 is 0 Å². The van der Waals surface area contributed by atoms with Gasteiger partial charge in [-0.15, -0.1) is 0 Å². The van der Waals surface area contributed by atoms with Gasteiger partial charge in [0.15, 0.2) is 5.69 Å². The van der Waals surface area contributed by atoms with Crippen LogP contribution in [0.15, 0.2) is 18.2 Å². The molecule has 5 N–H and O–H groups in total. The van der Waals surface area contributed by atoms with Crippen LogP contribution in [0.1, 0.15) is 5.56 Å². The fourth-order valence-electron chi connectivity index (χ4n) is 1.06. The fraction of sp³-hybridized carbons (Fsp3) is 0.111. The number of primary amides is 1. The molecule has 0 unspecified atom stereocenters. The van der Waals surface area contributed by atoms with Crippen molar-refractivity contribution in [3.05, 3.63) is 35.2 Å². The number of amides is 2. The van der Waals surface area contributed by atoms with E-state index < -0.39 is 6.03 Å². The van der Waals surface area contributed by atoms with Crippen LogP contribution < -0.4 is 16.8 Å². The van der Waals surface area contributed by atoms with Crippen LogP contribution in [0.4, 0.5) is 16.2 Å². The summed E-state index contributed by atoms with van der Waals surface area (Å²) in [6.45, 7) is 7.19. The Labute approximate surface area is 81.5 Å². The van der Waals surface area contributed by atoms with E-state index in [0.717, 1.165) is 5.56 Å². The Bertz CT molecular complexity index is 394. The molecule has 72 valence electrons. The molecule has 0 fully saturated rings. The Kier molecular flexibility index (Phi) is 3.05. The number of hydrogen-bond donors (Lipinski definition) is 3. The zero-order valence-corrected chi connectivity index (χ0v) is 7.45. The molecule has 5 heteroatoms. The lowest BCUT2D eigenvalue weighted by Crippen LogP contribution is -2.19. The molecule has 0 radical (unpaired) electrons. The van der Waals surface area contributed by atoms with Crippen LogP contribution in [0.3, 0.4) is 0 Å². The summed E-state index contributed by atoms with van der Waals surface area (Å²) in [7, 11) is 0. The molecule has 0 saturated carbocycles. The highest BCUT2D eigenvalue weighted by Gasteiger charge is 2.02. The third kappa shape index (κ3) is 2.21. The Morgan fingerprint density at radius 1 is 1.57 bits per heavy atom. The maximum Gasteiger partial charge on any atom is 0.316 e. The third-order valence-electron chi connectivity index (χ3n) is 1.69. The van der Waals surface area contributed by atoms with Gasteiger partial charge in [-0.25, -0.2) is 9.64 Å². The molecule has 1 aromatic carbocycles. The number of carbonyl (C=O) groups excluding carboxylic acids is 1. The molecule has 0 aliphatic heterocycles. The molecule has 1 rings (SSSR count). The van der Waals surface area contributed by atoms with Gasteiger partial charge in [0, 0.05) is 12.2 Å². The van der Waals surface area contributed by atoms with Crippen molar-refractivity contribution in [1.82, 2.24) is 0 Å². The minimum absolute atomic E-state index is 0.300. The summed E-state index contributed by atoms with van der Waals surface area (Å²) in [5, 5.41) is 2.39.